The zero-order valence-electron chi connectivity index (χ0n) is 8.76. The Labute approximate surface area is 88.3 Å². The van der Waals surface area contributed by atoms with E-state index >= 15 is 0 Å². The Bertz CT molecular complexity index is 331. The number of rotatable bonds is 3. The summed E-state index contributed by atoms with van der Waals surface area (Å²) in [6.45, 7) is 6.39. The molecule has 3 N–H and O–H groups in total. The maximum absolute atomic E-state index is 11.2. The van der Waals surface area contributed by atoms with Gasteiger partial charge in [0, 0.05) is 16.3 Å². The van der Waals surface area contributed by atoms with Crippen molar-refractivity contribution in [3.05, 3.63) is 21.4 Å². The third-order valence-electron chi connectivity index (χ3n) is 2.01. The maximum atomic E-state index is 11.2. The fourth-order valence-corrected chi connectivity index (χ4v) is 2.15. The average Bonchev–Trinajstić information content (AvgIpc) is 2.40. The Hall–Kier alpha value is -0.870. The second kappa shape index (κ2) is 4.57. The Balaban J connectivity index is 2.54. The number of carbonyl (C=O) groups excluding carboxylic acids is 1. The number of hydrogen-bond donors (Lipinski definition) is 2. The van der Waals surface area contributed by atoms with E-state index in [4.69, 9.17) is 5.73 Å². The molecule has 0 aliphatic rings. The zero-order valence-corrected chi connectivity index (χ0v) is 9.57. The number of carbonyl (C=O) groups is 1. The SMILES string of the molecule is Cc1cc(CNC(=O)C(C)N)c(C)s1. The van der Waals surface area contributed by atoms with E-state index in [-0.39, 0.29) is 5.91 Å². The van der Waals surface area contributed by atoms with Crippen LogP contribution in [0.25, 0.3) is 0 Å². The van der Waals surface area contributed by atoms with Crippen LogP contribution in [0.5, 0.6) is 0 Å². The van der Waals surface area contributed by atoms with E-state index in [1.54, 1.807) is 18.3 Å². The van der Waals surface area contributed by atoms with Crippen molar-refractivity contribution in [2.75, 3.05) is 0 Å². The lowest BCUT2D eigenvalue weighted by atomic mass is 10.2. The van der Waals surface area contributed by atoms with Crippen LogP contribution >= 0.6 is 11.3 Å². The van der Waals surface area contributed by atoms with Crippen LogP contribution < -0.4 is 11.1 Å². The van der Waals surface area contributed by atoms with Crippen molar-refractivity contribution in [1.29, 1.82) is 0 Å². The van der Waals surface area contributed by atoms with E-state index in [0.717, 1.165) is 0 Å². The second-order valence-corrected chi connectivity index (χ2v) is 4.91. The number of aryl methyl sites for hydroxylation is 2. The van der Waals surface area contributed by atoms with Crippen LogP contribution in [0.2, 0.25) is 0 Å². The van der Waals surface area contributed by atoms with Crippen LogP contribution in [0.15, 0.2) is 6.07 Å². The number of nitrogens with one attached hydrogen (secondary N) is 1. The zero-order chi connectivity index (χ0) is 10.7. The Kier molecular flexibility index (Phi) is 3.66. The van der Waals surface area contributed by atoms with Gasteiger partial charge in [-0.05, 0) is 32.4 Å². The van der Waals surface area contributed by atoms with Crippen LogP contribution in [0.4, 0.5) is 0 Å². The van der Waals surface area contributed by atoms with Crippen molar-refractivity contribution in [2.45, 2.75) is 33.4 Å². The highest BCUT2D eigenvalue weighted by atomic mass is 32.1. The molecule has 0 aliphatic carbocycles. The number of thiophene rings is 1. The summed E-state index contributed by atoms with van der Waals surface area (Å²) in [5, 5.41) is 2.80. The molecule has 1 aromatic heterocycles. The van der Waals surface area contributed by atoms with E-state index in [1.807, 2.05) is 0 Å². The average molecular weight is 212 g/mol. The largest absolute Gasteiger partial charge is 0.351 e. The van der Waals surface area contributed by atoms with Gasteiger partial charge in [0.05, 0.1) is 6.04 Å². The molecule has 0 radical (unpaired) electrons. The minimum atomic E-state index is -0.435. The monoisotopic (exact) mass is 212 g/mol. The van der Waals surface area contributed by atoms with Crippen molar-refractivity contribution in [1.82, 2.24) is 5.32 Å². The summed E-state index contributed by atoms with van der Waals surface area (Å²) in [6, 6.07) is 1.66. The fraction of sp³-hybridized carbons (Fsp3) is 0.500. The van der Waals surface area contributed by atoms with Crippen molar-refractivity contribution in [3.63, 3.8) is 0 Å². The van der Waals surface area contributed by atoms with Gasteiger partial charge in [0.15, 0.2) is 0 Å². The van der Waals surface area contributed by atoms with Crippen LogP contribution in [0.1, 0.15) is 22.2 Å². The van der Waals surface area contributed by atoms with Gasteiger partial charge in [-0.1, -0.05) is 0 Å². The molecule has 0 spiro atoms. The summed E-state index contributed by atoms with van der Waals surface area (Å²) >= 11 is 1.75. The molecular weight excluding hydrogens is 196 g/mol. The third-order valence-corrected chi connectivity index (χ3v) is 3.02. The Morgan fingerprint density at radius 1 is 1.64 bits per heavy atom. The highest BCUT2D eigenvalue weighted by Crippen LogP contribution is 2.20. The molecule has 0 fully saturated rings. The van der Waals surface area contributed by atoms with E-state index in [1.165, 1.54) is 15.3 Å². The van der Waals surface area contributed by atoms with Crippen LogP contribution in [0.3, 0.4) is 0 Å². The summed E-state index contributed by atoms with van der Waals surface area (Å²) in [5.74, 6) is -0.103. The molecule has 0 aliphatic heterocycles. The third kappa shape index (κ3) is 2.82. The molecule has 3 nitrogen and oxygen atoms in total. The summed E-state index contributed by atoms with van der Waals surface area (Å²) in [5.41, 5.74) is 6.62. The number of amides is 1. The van der Waals surface area contributed by atoms with Crippen molar-refractivity contribution < 1.29 is 4.79 Å². The van der Waals surface area contributed by atoms with Gasteiger partial charge in [-0.25, -0.2) is 0 Å². The first-order valence-electron chi connectivity index (χ1n) is 4.60. The second-order valence-electron chi connectivity index (χ2n) is 3.44. The molecule has 0 saturated heterocycles. The van der Waals surface area contributed by atoms with Gasteiger partial charge < -0.3 is 11.1 Å². The number of hydrogen-bond acceptors (Lipinski definition) is 3. The van der Waals surface area contributed by atoms with Crippen molar-refractivity contribution in [2.24, 2.45) is 5.73 Å². The van der Waals surface area contributed by atoms with Crippen LogP contribution in [-0.2, 0) is 11.3 Å². The van der Waals surface area contributed by atoms with E-state index in [9.17, 15) is 4.79 Å². The first-order chi connectivity index (χ1) is 6.50. The van der Waals surface area contributed by atoms with E-state index < -0.39 is 6.04 Å². The smallest absolute Gasteiger partial charge is 0.236 e. The normalized spacial score (nSPS) is 12.6. The molecule has 0 saturated carbocycles. The molecular formula is C10H16N2OS. The first-order valence-corrected chi connectivity index (χ1v) is 5.41. The quantitative estimate of drug-likeness (QED) is 0.794. The van der Waals surface area contributed by atoms with E-state index in [2.05, 4.69) is 25.2 Å². The predicted octanol–water partition coefficient (Wildman–Crippen LogP) is 1.33. The first kappa shape index (κ1) is 11.2. The van der Waals surface area contributed by atoms with Gasteiger partial charge in [-0.3, -0.25) is 4.79 Å². The van der Waals surface area contributed by atoms with Crippen molar-refractivity contribution >= 4 is 17.2 Å². The van der Waals surface area contributed by atoms with Gasteiger partial charge in [0.2, 0.25) is 5.91 Å². The summed E-state index contributed by atoms with van der Waals surface area (Å²) < 4.78 is 0. The fourth-order valence-electron chi connectivity index (χ4n) is 1.20. The van der Waals surface area contributed by atoms with Crippen molar-refractivity contribution in [3.8, 4) is 0 Å². The lowest BCUT2D eigenvalue weighted by molar-refractivity contribution is -0.122. The highest BCUT2D eigenvalue weighted by molar-refractivity contribution is 7.12. The van der Waals surface area contributed by atoms with Crippen LogP contribution in [0, 0.1) is 13.8 Å². The molecule has 1 atom stereocenters. The molecule has 1 unspecified atom stereocenters. The topological polar surface area (TPSA) is 55.1 Å². The summed E-state index contributed by atoms with van der Waals surface area (Å²) in [4.78, 5) is 13.7. The molecule has 1 heterocycles. The molecule has 0 aromatic carbocycles. The minimum Gasteiger partial charge on any atom is -0.351 e. The van der Waals surface area contributed by atoms with Gasteiger partial charge in [-0.2, -0.15) is 0 Å². The Morgan fingerprint density at radius 2 is 2.29 bits per heavy atom. The summed E-state index contributed by atoms with van der Waals surface area (Å²) in [6.07, 6.45) is 0. The molecule has 1 aromatic rings. The molecule has 0 bridgehead atoms. The summed E-state index contributed by atoms with van der Waals surface area (Å²) in [7, 11) is 0. The molecule has 4 heteroatoms. The maximum Gasteiger partial charge on any atom is 0.236 e. The van der Waals surface area contributed by atoms with Gasteiger partial charge in [0.25, 0.3) is 0 Å². The Morgan fingerprint density at radius 3 is 2.71 bits per heavy atom. The standard InChI is InChI=1S/C10H16N2OS/c1-6-4-9(8(3)14-6)5-12-10(13)7(2)11/h4,7H,5,11H2,1-3H3,(H,12,13). The van der Waals surface area contributed by atoms with Gasteiger partial charge in [-0.15, -0.1) is 11.3 Å². The van der Waals surface area contributed by atoms with Gasteiger partial charge >= 0.3 is 0 Å². The molecule has 14 heavy (non-hydrogen) atoms. The molecule has 1 amide bonds. The van der Waals surface area contributed by atoms with Crippen LogP contribution in [-0.4, -0.2) is 11.9 Å². The molecule has 1 rings (SSSR count). The molecule has 78 valence electrons. The lowest BCUT2D eigenvalue weighted by Gasteiger charge is -2.06. The predicted molar refractivity (Wildman–Crippen MR) is 59.3 cm³/mol. The van der Waals surface area contributed by atoms with E-state index in [0.29, 0.717) is 6.54 Å². The van der Waals surface area contributed by atoms with Gasteiger partial charge in [0.1, 0.15) is 0 Å². The lowest BCUT2D eigenvalue weighted by Crippen LogP contribution is -2.37. The highest BCUT2D eigenvalue weighted by Gasteiger charge is 2.08. The minimum absolute atomic E-state index is 0.103. The number of nitrogens with two attached hydrogens (primary N) is 1.